The fraction of sp³-hybridized carbons (Fsp3) is 0.0417. The van der Waals surface area contributed by atoms with Crippen LogP contribution in [-0.2, 0) is 10.0 Å². The molecule has 0 amide bonds. The van der Waals surface area contributed by atoms with Crippen molar-refractivity contribution in [3.8, 4) is 28.8 Å². The van der Waals surface area contributed by atoms with Crippen LogP contribution in [0.4, 0.5) is 5.13 Å². The number of nitrogens with zero attached hydrogens (tertiary/aromatic N) is 4. The molecule has 2 aromatic heterocycles. The fourth-order valence-electron chi connectivity index (χ4n) is 3.26. The van der Waals surface area contributed by atoms with Crippen molar-refractivity contribution in [3.05, 3.63) is 84.3 Å². The lowest BCUT2D eigenvalue weighted by Gasteiger charge is -2.16. The number of aromatic nitrogens is 3. The number of benzene rings is 2. The molecule has 0 fully saturated rings. The van der Waals surface area contributed by atoms with Crippen molar-refractivity contribution in [1.29, 1.82) is 10.7 Å². The number of anilines is 1. The Kier molecular flexibility index (Phi) is 7.33. The summed E-state index contributed by atoms with van der Waals surface area (Å²) in [6.07, 6.45) is 5.47. The van der Waals surface area contributed by atoms with Gasteiger partial charge >= 0.3 is 0 Å². The minimum atomic E-state index is -3.98. The molecule has 4 rings (SSSR count). The molecule has 0 aliphatic rings. The third-order valence-electron chi connectivity index (χ3n) is 4.93. The number of nitrogens with one attached hydrogen (secondary N) is 3. The van der Waals surface area contributed by atoms with E-state index >= 15 is 0 Å². The highest BCUT2D eigenvalue weighted by Crippen LogP contribution is 2.34. The summed E-state index contributed by atoms with van der Waals surface area (Å²) in [5.41, 5.74) is 2.79. The first-order valence-corrected chi connectivity index (χ1v) is 12.7. The molecule has 2 heterocycles. The summed E-state index contributed by atoms with van der Waals surface area (Å²) in [5.74, 6) is 0.462. The molecule has 0 saturated heterocycles. The van der Waals surface area contributed by atoms with Crippen LogP contribution in [0.1, 0.15) is 11.1 Å². The van der Waals surface area contributed by atoms with E-state index in [1.807, 2.05) is 42.5 Å². The van der Waals surface area contributed by atoms with Gasteiger partial charge in [-0.05, 0) is 30.3 Å². The Balaban J connectivity index is 1.73. The summed E-state index contributed by atoms with van der Waals surface area (Å²) in [6, 6.07) is 17.3. The number of hydrogen-bond acceptors (Lipinski definition) is 10. The van der Waals surface area contributed by atoms with E-state index in [4.69, 9.17) is 10.1 Å². The molecular weight excluding hydrogens is 498 g/mol. The smallest absolute Gasteiger partial charge is 0.263 e. The molecule has 0 spiro atoms. The molecule has 180 valence electrons. The number of rotatable bonds is 9. The largest absolute Gasteiger partial charge is 0.454 e. The zero-order chi connectivity index (χ0) is 25.5. The second-order valence-corrected chi connectivity index (χ2v) is 9.61. The van der Waals surface area contributed by atoms with Gasteiger partial charge in [-0.15, -0.1) is 0 Å². The second kappa shape index (κ2) is 10.8. The summed E-state index contributed by atoms with van der Waals surface area (Å²) >= 11 is 0.894. The Morgan fingerprint density at radius 2 is 1.94 bits per heavy atom. The van der Waals surface area contributed by atoms with Crippen LogP contribution in [0.5, 0.6) is 11.5 Å². The number of nitriles is 1. The molecule has 2 aromatic carbocycles. The minimum absolute atomic E-state index is 0.00951. The highest BCUT2D eigenvalue weighted by molar-refractivity contribution is 7.93. The van der Waals surface area contributed by atoms with Gasteiger partial charge in [0.05, 0.1) is 22.3 Å². The van der Waals surface area contributed by atoms with Crippen molar-refractivity contribution in [2.75, 3.05) is 11.8 Å². The third-order valence-corrected chi connectivity index (χ3v) is 6.98. The quantitative estimate of drug-likeness (QED) is 0.278. The zero-order valence-electron chi connectivity index (χ0n) is 18.8. The van der Waals surface area contributed by atoms with Gasteiger partial charge in [-0.25, -0.2) is 13.4 Å². The number of sulfonamides is 1. The molecular formula is C24H19N7O3S2. The standard InChI is InChI=1S/C24H19N7O3S2/c1-27-20(9-10-25)19-12-21(16-5-3-2-4-6-16)28-14-23(19)34-22-8-7-18(11-17(22)13-26)36(32,33)31-24-29-15-30-35-24/h2-12,14-15,25,27H,1H3,(H,29,30,31)/b20-9-,25-10?. The molecule has 0 bridgehead atoms. The predicted octanol–water partition coefficient (Wildman–Crippen LogP) is 4.27. The van der Waals surface area contributed by atoms with Crippen LogP contribution in [0.25, 0.3) is 17.0 Å². The molecule has 0 saturated carbocycles. The van der Waals surface area contributed by atoms with Crippen molar-refractivity contribution < 1.29 is 13.2 Å². The van der Waals surface area contributed by atoms with Crippen LogP contribution in [-0.4, -0.2) is 36.0 Å². The number of allylic oxidation sites excluding steroid dienone is 1. The van der Waals surface area contributed by atoms with Gasteiger partial charge in [-0.2, -0.15) is 9.64 Å². The SMILES string of the molecule is CN/C(=C\C=N)c1cc(-c2ccccc2)ncc1Oc1ccc(S(=O)(=O)Nc2ncns2)cc1C#N. The molecule has 4 aromatic rings. The Labute approximate surface area is 211 Å². The Morgan fingerprint density at radius 1 is 1.14 bits per heavy atom. The van der Waals surface area contributed by atoms with Gasteiger partial charge in [0, 0.05) is 41.6 Å². The van der Waals surface area contributed by atoms with Gasteiger partial charge in [-0.3, -0.25) is 9.71 Å². The van der Waals surface area contributed by atoms with E-state index in [1.165, 1.54) is 30.7 Å². The Morgan fingerprint density at radius 3 is 2.61 bits per heavy atom. The minimum Gasteiger partial charge on any atom is -0.454 e. The molecule has 0 atom stereocenters. The summed E-state index contributed by atoms with van der Waals surface area (Å²) in [6.45, 7) is 0. The van der Waals surface area contributed by atoms with Crippen LogP contribution < -0.4 is 14.8 Å². The van der Waals surface area contributed by atoms with Crippen molar-refractivity contribution in [2.45, 2.75) is 4.90 Å². The number of pyridine rings is 1. The molecule has 36 heavy (non-hydrogen) atoms. The Bertz CT molecular complexity index is 1560. The molecule has 3 N–H and O–H groups in total. The van der Waals surface area contributed by atoms with Crippen LogP contribution in [0, 0.1) is 16.7 Å². The average Bonchev–Trinajstić information content (AvgIpc) is 3.40. The average molecular weight is 518 g/mol. The monoisotopic (exact) mass is 517 g/mol. The van der Waals surface area contributed by atoms with E-state index in [2.05, 4.69) is 24.4 Å². The van der Waals surface area contributed by atoms with E-state index in [1.54, 1.807) is 13.1 Å². The summed E-state index contributed by atoms with van der Waals surface area (Å²) < 4.78 is 37.5. The summed E-state index contributed by atoms with van der Waals surface area (Å²) in [7, 11) is -2.26. The maximum atomic E-state index is 12.7. The first-order chi connectivity index (χ1) is 17.4. The maximum Gasteiger partial charge on any atom is 0.263 e. The highest BCUT2D eigenvalue weighted by atomic mass is 32.2. The van der Waals surface area contributed by atoms with Crippen LogP contribution in [0.2, 0.25) is 0 Å². The van der Waals surface area contributed by atoms with Gasteiger partial charge < -0.3 is 15.5 Å². The first kappa shape index (κ1) is 24.5. The molecule has 0 aliphatic carbocycles. The lowest BCUT2D eigenvalue weighted by Crippen LogP contribution is -2.13. The maximum absolute atomic E-state index is 12.7. The zero-order valence-corrected chi connectivity index (χ0v) is 20.5. The van der Waals surface area contributed by atoms with Gasteiger partial charge in [0.1, 0.15) is 18.1 Å². The summed E-state index contributed by atoms with van der Waals surface area (Å²) in [5, 5.41) is 20.4. The van der Waals surface area contributed by atoms with Crippen LogP contribution in [0.3, 0.4) is 0 Å². The molecule has 0 radical (unpaired) electrons. The van der Waals surface area contributed by atoms with Gasteiger partial charge in [-0.1, -0.05) is 30.3 Å². The number of hydrogen-bond donors (Lipinski definition) is 3. The van der Waals surface area contributed by atoms with Gasteiger partial charge in [0.2, 0.25) is 5.13 Å². The van der Waals surface area contributed by atoms with Gasteiger partial charge in [0.15, 0.2) is 5.75 Å². The van der Waals surface area contributed by atoms with E-state index in [9.17, 15) is 13.7 Å². The van der Waals surface area contributed by atoms with E-state index in [0.29, 0.717) is 22.7 Å². The van der Waals surface area contributed by atoms with Crippen molar-refractivity contribution in [1.82, 2.24) is 19.7 Å². The molecule has 0 aliphatic heterocycles. The van der Waals surface area contributed by atoms with E-state index < -0.39 is 10.0 Å². The highest BCUT2D eigenvalue weighted by Gasteiger charge is 2.20. The van der Waals surface area contributed by atoms with E-state index in [-0.39, 0.29) is 21.3 Å². The predicted molar refractivity (Wildman–Crippen MR) is 137 cm³/mol. The van der Waals surface area contributed by atoms with Gasteiger partial charge in [0.25, 0.3) is 10.0 Å². The lowest BCUT2D eigenvalue weighted by atomic mass is 10.1. The second-order valence-electron chi connectivity index (χ2n) is 7.15. The van der Waals surface area contributed by atoms with Crippen molar-refractivity contribution in [3.63, 3.8) is 0 Å². The Hall–Kier alpha value is -4.60. The fourth-order valence-corrected chi connectivity index (χ4v) is 4.94. The van der Waals surface area contributed by atoms with Crippen LogP contribution >= 0.6 is 11.5 Å². The summed E-state index contributed by atoms with van der Waals surface area (Å²) in [4.78, 5) is 8.19. The third kappa shape index (κ3) is 5.38. The topological polar surface area (TPSA) is 154 Å². The lowest BCUT2D eigenvalue weighted by molar-refractivity contribution is 0.476. The van der Waals surface area contributed by atoms with E-state index in [0.717, 1.165) is 23.3 Å². The normalized spacial score (nSPS) is 11.4. The molecule has 10 nitrogen and oxygen atoms in total. The van der Waals surface area contributed by atoms with Crippen molar-refractivity contribution in [2.24, 2.45) is 0 Å². The van der Waals surface area contributed by atoms with Crippen molar-refractivity contribution >= 4 is 38.6 Å². The first-order valence-electron chi connectivity index (χ1n) is 10.4. The molecule has 0 unspecified atom stereocenters. The number of ether oxygens (including phenoxy) is 1. The molecule has 12 heteroatoms. The van der Waals surface area contributed by atoms with Crippen LogP contribution in [0.15, 0.2) is 78.1 Å².